The predicted molar refractivity (Wildman–Crippen MR) is 243 cm³/mol. The molecular weight excluding hydrogens is 841 g/mol. The number of carbonyl (C=O) groups excluding carboxylic acids is 2. The van der Waals surface area contributed by atoms with Gasteiger partial charge in [-0.15, -0.1) is 0 Å². The van der Waals surface area contributed by atoms with E-state index in [0.29, 0.717) is 48.5 Å². The summed E-state index contributed by atoms with van der Waals surface area (Å²) in [4.78, 5) is 29.3. The van der Waals surface area contributed by atoms with Crippen molar-refractivity contribution in [1.82, 2.24) is 9.80 Å². The topological polar surface area (TPSA) is 160 Å². The normalized spacial score (nSPS) is 25.0. The van der Waals surface area contributed by atoms with Gasteiger partial charge in [-0.2, -0.15) is 8.42 Å². The zero-order valence-corrected chi connectivity index (χ0v) is 40.3. The van der Waals surface area contributed by atoms with Crippen LogP contribution in [0.1, 0.15) is 102 Å². The molecule has 1 N–H and O–H groups in total. The molecule has 0 aromatic heterocycles. The van der Waals surface area contributed by atoms with E-state index in [1.165, 1.54) is 30.5 Å². The maximum Gasteiger partial charge on any atom is 0.304 e. The number of carbonyl (C=O) groups is 2. The van der Waals surface area contributed by atoms with Crippen LogP contribution >= 0.6 is 0 Å². The molecule has 0 amide bonds. The van der Waals surface area contributed by atoms with Crippen molar-refractivity contribution in [2.75, 3.05) is 74.1 Å². The Bertz CT molecular complexity index is 2220. The maximum atomic E-state index is 12.3. The summed E-state index contributed by atoms with van der Waals surface area (Å²) in [7, 11) is 2.90. The molecule has 4 aliphatic rings. The molecule has 2 aromatic rings. The fourth-order valence-corrected chi connectivity index (χ4v) is 10.4. The summed E-state index contributed by atoms with van der Waals surface area (Å²) in [5.74, 6) is 14.8. The van der Waals surface area contributed by atoms with Crippen molar-refractivity contribution in [2.24, 2.45) is 23.7 Å². The molecular formula is C49H68N2O12S. The SMILES string of the molecule is COc1cc2c(cc1OC)[C@H]1C[C@@](C#CCO)(OC(C)=O)[C@H](CC(C)C)CN1CC2.COc1cc2c(cc1OC)[C@H]1C[C@@](C#CCOS(C)(=O)=O)(OC(C)=O)[C@H](CC(C)C)CN1CC2. The number of hydrogen-bond donors (Lipinski definition) is 1. The first-order valence-electron chi connectivity index (χ1n) is 22.1. The number of rotatable bonds is 12. The molecule has 64 heavy (non-hydrogen) atoms. The van der Waals surface area contributed by atoms with Gasteiger partial charge < -0.3 is 33.5 Å². The van der Waals surface area contributed by atoms with Crippen molar-refractivity contribution in [3.8, 4) is 46.7 Å². The lowest BCUT2D eigenvalue weighted by Crippen LogP contribution is -2.56. The summed E-state index contributed by atoms with van der Waals surface area (Å²) in [6.07, 6.45) is 5.56. The third-order valence-corrected chi connectivity index (χ3v) is 13.2. The standard InChI is InChI=1S/C25H35NO7S.C24H33NO5/c1-17(2)12-20-16-26-10-8-19-13-23(30-4)24(31-5)14-21(19)22(26)15-25(20,33-18(3)27)9-7-11-32-34(6,28)29;1-16(2)11-19-15-25-9-7-18-12-22(28-4)23(29-5)13-20(18)21(25)14-24(19,8-6-10-26)30-17(3)27/h13-14,17,20,22H,8,10-12,15-16H2,1-6H3;12-13,16,19,21,26H,7,9-11,14-15H2,1-5H3/t20-,22-,25-;19-,21-,24-/m11/s1. The van der Waals surface area contributed by atoms with Gasteiger partial charge in [-0.1, -0.05) is 51.4 Å². The lowest BCUT2D eigenvalue weighted by Gasteiger charge is -2.51. The van der Waals surface area contributed by atoms with E-state index in [0.717, 1.165) is 62.9 Å². The quantitative estimate of drug-likeness (QED) is 0.152. The minimum Gasteiger partial charge on any atom is -0.493 e. The average Bonchev–Trinajstić information content (AvgIpc) is 3.23. The second-order valence-electron chi connectivity index (χ2n) is 18.1. The van der Waals surface area contributed by atoms with E-state index in [-0.39, 0.29) is 43.1 Å². The molecule has 4 heterocycles. The predicted octanol–water partition coefficient (Wildman–Crippen LogP) is 5.92. The molecule has 0 unspecified atom stereocenters. The largest absolute Gasteiger partial charge is 0.493 e. The minimum absolute atomic E-state index is 0.0277. The highest BCUT2D eigenvalue weighted by Gasteiger charge is 2.52. The number of esters is 2. The lowest BCUT2D eigenvalue weighted by atomic mass is 9.71. The van der Waals surface area contributed by atoms with Crippen molar-refractivity contribution < 1.29 is 55.7 Å². The average molecular weight is 909 g/mol. The molecule has 0 spiro atoms. The highest BCUT2D eigenvalue weighted by Crippen LogP contribution is 2.50. The zero-order chi connectivity index (χ0) is 47.0. The summed E-state index contributed by atoms with van der Waals surface area (Å²) in [6, 6.07) is 8.16. The maximum absolute atomic E-state index is 12.3. The number of methoxy groups -OCH3 is 4. The Kier molecular flexibility index (Phi) is 17.1. The highest BCUT2D eigenvalue weighted by atomic mass is 32.2. The van der Waals surface area contributed by atoms with Gasteiger partial charge >= 0.3 is 11.9 Å². The number of piperidine rings is 2. The number of aliphatic hydroxyl groups is 1. The van der Waals surface area contributed by atoms with Crippen LogP contribution in [0.2, 0.25) is 0 Å². The fourth-order valence-electron chi connectivity index (χ4n) is 10.1. The van der Waals surface area contributed by atoms with Crippen LogP contribution in [0.15, 0.2) is 24.3 Å². The van der Waals surface area contributed by atoms with Crippen molar-refractivity contribution >= 4 is 22.1 Å². The molecule has 0 bridgehead atoms. The summed E-state index contributed by atoms with van der Waals surface area (Å²) in [5.41, 5.74) is 2.71. The Hall–Kier alpha value is -4.51. The molecule has 2 fully saturated rings. The monoisotopic (exact) mass is 908 g/mol. The van der Waals surface area contributed by atoms with Crippen LogP contribution in [0.3, 0.4) is 0 Å². The Morgan fingerprint density at radius 3 is 1.44 bits per heavy atom. The first-order chi connectivity index (χ1) is 30.3. The van der Waals surface area contributed by atoms with Crippen LogP contribution < -0.4 is 18.9 Å². The number of aliphatic hydroxyl groups excluding tert-OH is 1. The molecule has 15 heteroatoms. The van der Waals surface area contributed by atoms with Crippen LogP contribution in [0, 0.1) is 47.4 Å². The Morgan fingerprint density at radius 1 is 0.703 bits per heavy atom. The Labute approximate surface area is 380 Å². The third-order valence-electron chi connectivity index (χ3n) is 12.6. The minimum atomic E-state index is -3.62. The second kappa shape index (κ2) is 21.7. The van der Waals surface area contributed by atoms with E-state index in [1.807, 2.05) is 18.2 Å². The first kappa shape index (κ1) is 50.5. The van der Waals surface area contributed by atoms with E-state index in [9.17, 15) is 23.1 Å². The number of fused-ring (bicyclic) bond motifs is 6. The molecule has 6 rings (SSSR count). The summed E-state index contributed by atoms with van der Waals surface area (Å²) >= 11 is 0. The number of hydrogen-bond acceptors (Lipinski definition) is 14. The zero-order valence-electron chi connectivity index (χ0n) is 39.5. The molecule has 0 saturated carbocycles. The third kappa shape index (κ3) is 12.0. The van der Waals surface area contributed by atoms with Gasteiger partial charge in [-0.25, -0.2) is 0 Å². The number of benzene rings is 2. The summed E-state index contributed by atoms with van der Waals surface area (Å²) in [6.45, 7) is 14.2. The van der Waals surface area contributed by atoms with Crippen LogP contribution in [0.5, 0.6) is 23.0 Å². The smallest absolute Gasteiger partial charge is 0.304 e. The summed E-state index contributed by atoms with van der Waals surface area (Å²) in [5, 5.41) is 9.37. The van der Waals surface area contributed by atoms with Crippen LogP contribution in [-0.2, 0) is 46.2 Å². The lowest BCUT2D eigenvalue weighted by molar-refractivity contribution is -0.166. The first-order valence-corrected chi connectivity index (χ1v) is 23.9. The molecule has 4 aliphatic heterocycles. The van der Waals surface area contributed by atoms with Crippen molar-refractivity contribution in [2.45, 2.75) is 103 Å². The van der Waals surface area contributed by atoms with Crippen LogP contribution in [0.25, 0.3) is 0 Å². The molecule has 14 nitrogen and oxygen atoms in total. The molecule has 2 saturated heterocycles. The van der Waals surface area contributed by atoms with Gasteiger partial charge in [0.1, 0.15) is 13.2 Å². The fraction of sp³-hybridized carbons (Fsp3) is 0.633. The van der Waals surface area contributed by atoms with E-state index in [1.54, 1.807) is 28.4 Å². The second-order valence-corrected chi connectivity index (χ2v) is 19.7. The summed E-state index contributed by atoms with van der Waals surface area (Å²) < 4.78 is 61.6. The van der Waals surface area contributed by atoms with Gasteiger partial charge in [0.2, 0.25) is 0 Å². The van der Waals surface area contributed by atoms with E-state index in [4.69, 9.17) is 32.6 Å². The Morgan fingerprint density at radius 2 is 1.09 bits per heavy atom. The molecule has 0 aliphatic carbocycles. The van der Waals surface area contributed by atoms with Crippen molar-refractivity contribution in [3.05, 3.63) is 46.5 Å². The molecule has 352 valence electrons. The highest BCUT2D eigenvalue weighted by molar-refractivity contribution is 7.86. The van der Waals surface area contributed by atoms with Crippen LogP contribution in [-0.4, -0.2) is 121 Å². The molecule has 6 atom stereocenters. The van der Waals surface area contributed by atoms with Crippen molar-refractivity contribution in [1.29, 1.82) is 0 Å². The van der Waals surface area contributed by atoms with E-state index in [2.05, 4.69) is 67.2 Å². The number of ether oxygens (including phenoxy) is 6. The van der Waals surface area contributed by atoms with Gasteiger partial charge in [-0.3, -0.25) is 23.6 Å². The number of nitrogens with zero attached hydrogens (tertiary/aromatic N) is 2. The van der Waals surface area contributed by atoms with Gasteiger partial charge in [-0.05, 0) is 84.0 Å². The van der Waals surface area contributed by atoms with Gasteiger partial charge in [0, 0.05) is 76.8 Å². The van der Waals surface area contributed by atoms with Gasteiger partial charge in [0.25, 0.3) is 10.1 Å². The molecule has 2 aromatic carbocycles. The van der Waals surface area contributed by atoms with E-state index < -0.39 is 27.3 Å². The van der Waals surface area contributed by atoms with Gasteiger partial charge in [0.05, 0.1) is 34.7 Å². The van der Waals surface area contributed by atoms with Gasteiger partial charge in [0.15, 0.2) is 34.2 Å². The van der Waals surface area contributed by atoms with E-state index >= 15 is 0 Å². The van der Waals surface area contributed by atoms with Crippen molar-refractivity contribution in [3.63, 3.8) is 0 Å². The molecule has 0 radical (unpaired) electrons. The van der Waals surface area contributed by atoms with Crippen LogP contribution in [0.4, 0.5) is 0 Å². The Balaban J connectivity index is 0.000000243.